The predicted molar refractivity (Wildman–Crippen MR) is 72.5 cm³/mol. The van der Waals surface area contributed by atoms with Crippen molar-refractivity contribution in [3.8, 4) is 0 Å². The zero-order valence-corrected chi connectivity index (χ0v) is 10.9. The molecule has 0 saturated heterocycles. The van der Waals surface area contributed by atoms with E-state index >= 15 is 0 Å². The summed E-state index contributed by atoms with van der Waals surface area (Å²) < 4.78 is 0. The molecule has 1 heterocycles. The van der Waals surface area contributed by atoms with E-state index in [1.807, 2.05) is 11.8 Å². The fourth-order valence-electron chi connectivity index (χ4n) is 2.32. The first kappa shape index (κ1) is 11.8. The minimum Gasteiger partial charge on any atom is -0.370 e. The van der Waals surface area contributed by atoms with Gasteiger partial charge in [-0.25, -0.2) is 0 Å². The van der Waals surface area contributed by atoms with E-state index in [0.717, 1.165) is 26.1 Å². The molecule has 1 aromatic rings. The summed E-state index contributed by atoms with van der Waals surface area (Å²) in [6, 6.07) is 4.59. The fourth-order valence-corrected chi connectivity index (χ4v) is 3.55. The number of benzene rings is 1. The third-order valence-corrected chi connectivity index (χ3v) is 3.99. The average Bonchev–Trinajstić information content (AvgIpc) is 2.25. The van der Waals surface area contributed by atoms with Crippen LogP contribution in [-0.4, -0.2) is 25.4 Å². The van der Waals surface area contributed by atoms with Gasteiger partial charge in [0.15, 0.2) is 0 Å². The molecule has 0 radical (unpaired) electrons. The lowest BCUT2D eigenvalue weighted by Gasteiger charge is -2.32. The summed E-state index contributed by atoms with van der Waals surface area (Å²) in [5.74, 6) is 1.19. The molecule has 16 heavy (non-hydrogen) atoms. The molecule has 0 unspecified atom stereocenters. The molecule has 0 fully saturated rings. The Bertz CT molecular complexity index is 376. The van der Waals surface area contributed by atoms with Gasteiger partial charge in [-0.15, -0.1) is 11.8 Å². The second-order valence-electron chi connectivity index (χ2n) is 4.41. The first-order chi connectivity index (χ1) is 7.72. The van der Waals surface area contributed by atoms with Crippen LogP contribution < -0.4 is 10.6 Å². The van der Waals surface area contributed by atoms with E-state index in [-0.39, 0.29) is 0 Å². The van der Waals surface area contributed by atoms with E-state index in [2.05, 4.69) is 30.9 Å². The molecule has 1 aliphatic heterocycles. The van der Waals surface area contributed by atoms with Crippen molar-refractivity contribution >= 4 is 17.4 Å². The van der Waals surface area contributed by atoms with Crippen molar-refractivity contribution in [3.63, 3.8) is 0 Å². The first-order valence-electron chi connectivity index (χ1n) is 5.91. The Morgan fingerprint density at radius 3 is 2.94 bits per heavy atom. The SMILES string of the molecule is Cc1cc(C)c2c(c1)SCCN2CCCN. The van der Waals surface area contributed by atoms with Gasteiger partial charge in [0.25, 0.3) is 0 Å². The summed E-state index contributed by atoms with van der Waals surface area (Å²) in [5, 5.41) is 0. The third kappa shape index (κ3) is 2.36. The largest absolute Gasteiger partial charge is 0.370 e. The predicted octanol–water partition coefficient (Wildman–Crippen LogP) is 2.56. The van der Waals surface area contributed by atoms with Crippen LogP contribution in [-0.2, 0) is 0 Å². The van der Waals surface area contributed by atoms with Gasteiger partial charge < -0.3 is 10.6 Å². The summed E-state index contributed by atoms with van der Waals surface area (Å²) in [4.78, 5) is 3.94. The summed E-state index contributed by atoms with van der Waals surface area (Å²) in [6.45, 7) is 7.42. The van der Waals surface area contributed by atoms with E-state index < -0.39 is 0 Å². The Kier molecular flexibility index (Phi) is 3.77. The van der Waals surface area contributed by atoms with Crippen molar-refractivity contribution in [2.24, 2.45) is 5.73 Å². The molecular weight excluding hydrogens is 216 g/mol. The van der Waals surface area contributed by atoms with Gasteiger partial charge in [-0.1, -0.05) is 6.07 Å². The number of aryl methyl sites for hydroxylation is 2. The van der Waals surface area contributed by atoms with Crippen molar-refractivity contribution in [2.75, 3.05) is 30.3 Å². The Hall–Kier alpha value is -0.670. The maximum Gasteiger partial charge on any atom is 0.0534 e. The van der Waals surface area contributed by atoms with Crippen molar-refractivity contribution in [2.45, 2.75) is 25.2 Å². The summed E-state index contributed by atoms with van der Waals surface area (Å²) in [7, 11) is 0. The van der Waals surface area contributed by atoms with E-state index in [0.29, 0.717) is 0 Å². The van der Waals surface area contributed by atoms with Crippen LogP contribution in [0, 0.1) is 13.8 Å². The number of hydrogen-bond acceptors (Lipinski definition) is 3. The monoisotopic (exact) mass is 236 g/mol. The minimum absolute atomic E-state index is 0.782. The summed E-state index contributed by atoms with van der Waals surface area (Å²) >= 11 is 1.98. The van der Waals surface area contributed by atoms with Crippen LogP contribution >= 0.6 is 11.8 Å². The maximum atomic E-state index is 5.60. The lowest BCUT2D eigenvalue weighted by atomic mass is 10.1. The molecule has 0 atom stereocenters. The average molecular weight is 236 g/mol. The number of nitrogens with two attached hydrogens (primary N) is 1. The van der Waals surface area contributed by atoms with E-state index in [4.69, 9.17) is 5.73 Å². The molecule has 0 bridgehead atoms. The van der Waals surface area contributed by atoms with Crippen LogP contribution in [0.2, 0.25) is 0 Å². The molecule has 0 spiro atoms. The molecule has 0 saturated carbocycles. The Balaban J connectivity index is 2.30. The number of nitrogens with zero attached hydrogens (tertiary/aromatic N) is 1. The lowest BCUT2D eigenvalue weighted by Crippen LogP contribution is -2.32. The molecule has 3 heteroatoms. The van der Waals surface area contributed by atoms with E-state index in [1.54, 1.807) is 0 Å². The Labute approximate surface area is 102 Å². The number of anilines is 1. The quantitative estimate of drug-likeness (QED) is 0.874. The Morgan fingerprint density at radius 1 is 1.38 bits per heavy atom. The standard InChI is InChI=1S/C13H20N2S/c1-10-8-11(2)13-12(9-10)16-7-6-15(13)5-3-4-14/h8-9H,3-7,14H2,1-2H3. The van der Waals surface area contributed by atoms with Crippen LogP contribution in [0.4, 0.5) is 5.69 Å². The van der Waals surface area contributed by atoms with Crippen molar-refractivity contribution in [1.29, 1.82) is 0 Å². The highest BCUT2D eigenvalue weighted by atomic mass is 32.2. The van der Waals surface area contributed by atoms with E-state index in [9.17, 15) is 0 Å². The van der Waals surface area contributed by atoms with Gasteiger partial charge >= 0.3 is 0 Å². The molecule has 88 valence electrons. The van der Waals surface area contributed by atoms with Crippen LogP contribution in [0.25, 0.3) is 0 Å². The fraction of sp³-hybridized carbons (Fsp3) is 0.538. The third-order valence-electron chi connectivity index (χ3n) is 2.98. The van der Waals surface area contributed by atoms with Gasteiger partial charge in [0.2, 0.25) is 0 Å². The van der Waals surface area contributed by atoms with E-state index in [1.165, 1.54) is 27.5 Å². The zero-order valence-electron chi connectivity index (χ0n) is 10.1. The molecule has 2 N–H and O–H groups in total. The molecule has 0 aromatic heterocycles. The van der Waals surface area contributed by atoms with Crippen molar-refractivity contribution in [3.05, 3.63) is 23.3 Å². The first-order valence-corrected chi connectivity index (χ1v) is 6.90. The highest BCUT2D eigenvalue weighted by Crippen LogP contribution is 2.38. The van der Waals surface area contributed by atoms with Crippen LogP contribution in [0.5, 0.6) is 0 Å². The molecule has 0 amide bonds. The number of rotatable bonds is 3. The van der Waals surface area contributed by atoms with Crippen molar-refractivity contribution in [1.82, 2.24) is 0 Å². The van der Waals surface area contributed by atoms with Crippen LogP contribution in [0.3, 0.4) is 0 Å². The number of hydrogen-bond donors (Lipinski definition) is 1. The lowest BCUT2D eigenvalue weighted by molar-refractivity contribution is 0.744. The van der Waals surface area contributed by atoms with Gasteiger partial charge in [-0.05, 0) is 44.0 Å². The van der Waals surface area contributed by atoms with Gasteiger partial charge in [0.1, 0.15) is 0 Å². The highest BCUT2D eigenvalue weighted by molar-refractivity contribution is 7.99. The molecule has 0 aliphatic carbocycles. The smallest absolute Gasteiger partial charge is 0.0534 e. The topological polar surface area (TPSA) is 29.3 Å². The van der Waals surface area contributed by atoms with Crippen molar-refractivity contribution < 1.29 is 0 Å². The molecular formula is C13H20N2S. The molecule has 1 aromatic carbocycles. The van der Waals surface area contributed by atoms with Crippen LogP contribution in [0.1, 0.15) is 17.5 Å². The number of fused-ring (bicyclic) bond motifs is 1. The number of thioether (sulfide) groups is 1. The highest BCUT2D eigenvalue weighted by Gasteiger charge is 2.19. The van der Waals surface area contributed by atoms with Crippen LogP contribution in [0.15, 0.2) is 17.0 Å². The molecule has 2 rings (SSSR count). The van der Waals surface area contributed by atoms with Gasteiger partial charge in [0.05, 0.1) is 5.69 Å². The normalized spacial score (nSPS) is 15.1. The minimum atomic E-state index is 0.782. The Morgan fingerprint density at radius 2 is 2.19 bits per heavy atom. The zero-order chi connectivity index (χ0) is 11.5. The maximum absolute atomic E-state index is 5.60. The summed E-state index contributed by atoms with van der Waals surface area (Å²) in [5.41, 5.74) is 9.80. The molecule has 2 nitrogen and oxygen atoms in total. The second kappa shape index (κ2) is 5.11. The van der Waals surface area contributed by atoms with Gasteiger partial charge in [-0.3, -0.25) is 0 Å². The van der Waals surface area contributed by atoms with Gasteiger partial charge in [0, 0.05) is 23.7 Å². The van der Waals surface area contributed by atoms with Gasteiger partial charge in [-0.2, -0.15) is 0 Å². The second-order valence-corrected chi connectivity index (χ2v) is 5.54. The summed E-state index contributed by atoms with van der Waals surface area (Å²) in [6.07, 6.45) is 1.08. The molecule has 1 aliphatic rings.